The van der Waals surface area contributed by atoms with Crippen molar-refractivity contribution < 1.29 is 4.79 Å². The van der Waals surface area contributed by atoms with Gasteiger partial charge in [0.25, 0.3) is 0 Å². The molecule has 1 unspecified atom stereocenters. The van der Waals surface area contributed by atoms with Gasteiger partial charge in [-0.05, 0) is 37.1 Å². The van der Waals surface area contributed by atoms with E-state index < -0.39 is 0 Å². The first-order valence-electron chi connectivity index (χ1n) is 8.78. The molecule has 1 atom stereocenters. The van der Waals surface area contributed by atoms with Crippen molar-refractivity contribution >= 4 is 16.9 Å². The van der Waals surface area contributed by atoms with Crippen LogP contribution >= 0.6 is 0 Å². The second kappa shape index (κ2) is 7.77. The number of aromatic nitrogens is 2. The highest BCUT2D eigenvalue weighted by Gasteiger charge is 2.23. The zero-order valence-corrected chi connectivity index (χ0v) is 14.4. The van der Waals surface area contributed by atoms with E-state index in [4.69, 9.17) is 5.73 Å². The van der Waals surface area contributed by atoms with Crippen molar-refractivity contribution in [2.45, 2.75) is 38.3 Å². The highest BCUT2D eigenvalue weighted by atomic mass is 16.1. The number of nitrogens with one attached hydrogen (secondary N) is 1. The Morgan fingerprint density at radius 2 is 2.29 bits per heavy atom. The molecule has 1 fully saturated rings. The van der Waals surface area contributed by atoms with E-state index >= 15 is 0 Å². The SMILES string of the molecule is Cn1cnc2cc(CN3CCCCC3CNC(=O)CCN)ccc21. The number of carbonyl (C=O) groups excluding carboxylic acids is 1. The van der Waals surface area contributed by atoms with Crippen molar-refractivity contribution in [2.24, 2.45) is 12.8 Å². The van der Waals surface area contributed by atoms with Crippen LogP contribution in [0.25, 0.3) is 11.0 Å². The van der Waals surface area contributed by atoms with Gasteiger partial charge in [-0.3, -0.25) is 9.69 Å². The summed E-state index contributed by atoms with van der Waals surface area (Å²) in [6.07, 6.45) is 5.84. The van der Waals surface area contributed by atoms with E-state index in [9.17, 15) is 4.79 Å². The van der Waals surface area contributed by atoms with Gasteiger partial charge in [-0.15, -0.1) is 0 Å². The van der Waals surface area contributed by atoms with Gasteiger partial charge in [0, 0.05) is 39.1 Å². The van der Waals surface area contributed by atoms with Gasteiger partial charge in [0.2, 0.25) is 5.91 Å². The molecular weight excluding hydrogens is 302 g/mol. The Hall–Kier alpha value is -1.92. The highest BCUT2D eigenvalue weighted by molar-refractivity contribution is 5.76. The summed E-state index contributed by atoms with van der Waals surface area (Å²) in [6, 6.07) is 6.90. The number of carbonyl (C=O) groups is 1. The van der Waals surface area contributed by atoms with E-state index in [-0.39, 0.29) is 5.91 Å². The van der Waals surface area contributed by atoms with Gasteiger partial charge in [-0.2, -0.15) is 0 Å². The van der Waals surface area contributed by atoms with Crippen molar-refractivity contribution in [2.75, 3.05) is 19.6 Å². The number of likely N-dealkylation sites (tertiary alicyclic amines) is 1. The zero-order chi connectivity index (χ0) is 16.9. The lowest BCUT2D eigenvalue weighted by atomic mass is 10.0. The Bertz CT molecular complexity index is 696. The molecule has 0 bridgehead atoms. The molecule has 1 aromatic heterocycles. The molecule has 3 N–H and O–H groups in total. The molecule has 1 aromatic carbocycles. The van der Waals surface area contributed by atoms with Crippen molar-refractivity contribution in [3.05, 3.63) is 30.1 Å². The molecule has 6 nitrogen and oxygen atoms in total. The molecule has 0 radical (unpaired) electrons. The third-order valence-electron chi connectivity index (χ3n) is 4.83. The summed E-state index contributed by atoms with van der Waals surface area (Å²) in [7, 11) is 2.01. The number of imidazole rings is 1. The summed E-state index contributed by atoms with van der Waals surface area (Å²) in [5, 5.41) is 3.03. The van der Waals surface area contributed by atoms with E-state index in [1.54, 1.807) is 0 Å². The van der Waals surface area contributed by atoms with Crippen LogP contribution in [0.3, 0.4) is 0 Å². The molecule has 1 aliphatic rings. The van der Waals surface area contributed by atoms with Crippen molar-refractivity contribution in [3.8, 4) is 0 Å². The Labute approximate surface area is 143 Å². The first-order valence-corrected chi connectivity index (χ1v) is 8.78. The van der Waals surface area contributed by atoms with E-state index in [1.165, 1.54) is 18.4 Å². The van der Waals surface area contributed by atoms with Crippen LogP contribution < -0.4 is 11.1 Å². The van der Waals surface area contributed by atoms with Crippen molar-refractivity contribution in [1.82, 2.24) is 19.8 Å². The lowest BCUT2D eigenvalue weighted by Crippen LogP contribution is -2.46. The van der Waals surface area contributed by atoms with Gasteiger partial charge in [0.05, 0.1) is 17.4 Å². The maximum atomic E-state index is 11.7. The predicted octanol–water partition coefficient (Wildman–Crippen LogP) is 1.39. The number of nitrogens with zero attached hydrogens (tertiary/aromatic N) is 3. The standard InChI is InChI=1S/C18H27N5O/c1-22-13-21-16-10-14(5-6-17(16)22)12-23-9-3-2-4-15(23)11-20-18(24)7-8-19/h5-6,10,13,15H,2-4,7-9,11-12,19H2,1H3,(H,20,24). The second-order valence-electron chi connectivity index (χ2n) is 6.64. The van der Waals surface area contributed by atoms with E-state index in [2.05, 4.69) is 33.4 Å². The number of fused-ring (bicyclic) bond motifs is 1. The highest BCUT2D eigenvalue weighted by Crippen LogP contribution is 2.21. The van der Waals surface area contributed by atoms with E-state index in [0.29, 0.717) is 25.6 Å². The molecule has 130 valence electrons. The number of hydrogen-bond donors (Lipinski definition) is 2. The van der Waals surface area contributed by atoms with Gasteiger partial charge in [-0.1, -0.05) is 12.5 Å². The number of benzene rings is 1. The molecule has 1 saturated heterocycles. The number of rotatable bonds is 6. The topological polar surface area (TPSA) is 76.2 Å². The molecule has 3 rings (SSSR count). The van der Waals surface area contributed by atoms with Crippen molar-refractivity contribution in [3.63, 3.8) is 0 Å². The zero-order valence-electron chi connectivity index (χ0n) is 14.4. The summed E-state index contributed by atoms with van der Waals surface area (Å²) in [5.74, 6) is 0.0536. The fourth-order valence-electron chi connectivity index (χ4n) is 3.46. The molecule has 0 aliphatic carbocycles. The Morgan fingerprint density at radius 1 is 1.42 bits per heavy atom. The first-order chi connectivity index (χ1) is 11.7. The molecule has 6 heteroatoms. The molecule has 2 aromatic rings. The van der Waals surface area contributed by atoms with Crippen LogP contribution in [0, 0.1) is 0 Å². The van der Waals surface area contributed by atoms with Crippen LogP contribution in [0.1, 0.15) is 31.2 Å². The normalized spacial score (nSPS) is 18.8. The van der Waals surface area contributed by atoms with Crippen LogP contribution in [-0.4, -0.2) is 46.0 Å². The number of amides is 1. The number of hydrogen-bond acceptors (Lipinski definition) is 4. The van der Waals surface area contributed by atoms with Crippen LogP contribution in [0.2, 0.25) is 0 Å². The minimum Gasteiger partial charge on any atom is -0.354 e. The monoisotopic (exact) mass is 329 g/mol. The molecule has 2 heterocycles. The Morgan fingerprint density at radius 3 is 3.12 bits per heavy atom. The smallest absolute Gasteiger partial charge is 0.221 e. The third-order valence-corrected chi connectivity index (χ3v) is 4.83. The summed E-state index contributed by atoms with van der Waals surface area (Å²) >= 11 is 0. The average Bonchev–Trinajstić information content (AvgIpc) is 2.95. The summed E-state index contributed by atoms with van der Waals surface area (Å²) in [6.45, 7) is 3.11. The van der Waals surface area contributed by atoms with Gasteiger partial charge in [-0.25, -0.2) is 4.98 Å². The van der Waals surface area contributed by atoms with E-state index in [1.807, 2.05) is 17.9 Å². The van der Waals surface area contributed by atoms with Gasteiger partial charge in [0.1, 0.15) is 0 Å². The number of piperidine rings is 1. The number of nitrogens with two attached hydrogens (primary N) is 1. The fraction of sp³-hybridized carbons (Fsp3) is 0.556. The quantitative estimate of drug-likeness (QED) is 0.840. The van der Waals surface area contributed by atoms with Crippen LogP contribution in [0.15, 0.2) is 24.5 Å². The second-order valence-corrected chi connectivity index (χ2v) is 6.64. The summed E-state index contributed by atoms with van der Waals surface area (Å²) < 4.78 is 2.04. The summed E-state index contributed by atoms with van der Waals surface area (Å²) in [4.78, 5) is 18.6. The van der Waals surface area contributed by atoms with Gasteiger partial charge in [0.15, 0.2) is 0 Å². The Kier molecular flexibility index (Phi) is 5.48. The largest absolute Gasteiger partial charge is 0.354 e. The molecule has 0 spiro atoms. The molecule has 1 aliphatic heterocycles. The van der Waals surface area contributed by atoms with Gasteiger partial charge >= 0.3 is 0 Å². The third kappa shape index (κ3) is 3.94. The predicted molar refractivity (Wildman–Crippen MR) is 95.4 cm³/mol. The minimum absolute atomic E-state index is 0.0536. The molecule has 1 amide bonds. The van der Waals surface area contributed by atoms with Crippen molar-refractivity contribution in [1.29, 1.82) is 0 Å². The Balaban J connectivity index is 1.64. The molecular formula is C18H27N5O. The maximum absolute atomic E-state index is 11.7. The maximum Gasteiger partial charge on any atom is 0.221 e. The lowest BCUT2D eigenvalue weighted by molar-refractivity contribution is -0.121. The van der Waals surface area contributed by atoms with Crippen LogP contribution in [0.5, 0.6) is 0 Å². The lowest BCUT2D eigenvalue weighted by Gasteiger charge is -2.36. The van der Waals surface area contributed by atoms with Gasteiger partial charge < -0.3 is 15.6 Å². The minimum atomic E-state index is 0.0536. The van der Waals surface area contributed by atoms with Crippen LogP contribution in [0.4, 0.5) is 0 Å². The molecule has 24 heavy (non-hydrogen) atoms. The first kappa shape index (κ1) is 16.9. The van der Waals surface area contributed by atoms with E-state index in [0.717, 1.165) is 30.5 Å². The average molecular weight is 329 g/mol. The molecule has 0 saturated carbocycles. The fourth-order valence-corrected chi connectivity index (χ4v) is 3.46. The van der Waals surface area contributed by atoms with Crippen LogP contribution in [-0.2, 0) is 18.4 Å². The number of aryl methyl sites for hydroxylation is 1. The summed E-state index contributed by atoms with van der Waals surface area (Å²) in [5.41, 5.74) is 8.91.